The second-order valence-electron chi connectivity index (χ2n) is 9.72. The standard InChI is InChI=1S/C26H42O5/c1-18-13-24(30-16-28-6)21(25(14-18)31-17-29-7)15-23(27)20(3)10-11-22-19(2)9-8-12-26(22,4)5/h13-14,19,22-23,27H,3,8-12,15-17H2,1-2,4-7H3. The number of hydrogen-bond acceptors (Lipinski definition) is 5. The fraction of sp³-hybridized carbons (Fsp3) is 0.692. The maximum Gasteiger partial charge on any atom is 0.188 e. The largest absolute Gasteiger partial charge is 0.467 e. The van der Waals surface area contributed by atoms with Gasteiger partial charge in [-0.1, -0.05) is 40.2 Å². The number of methoxy groups -OCH3 is 2. The Kier molecular flexibility index (Phi) is 9.86. The number of aryl methyl sites for hydroxylation is 1. The van der Waals surface area contributed by atoms with Gasteiger partial charge in [-0.25, -0.2) is 0 Å². The van der Waals surface area contributed by atoms with Crippen LogP contribution < -0.4 is 9.47 Å². The van der Waals surface area contributed by atoms with Crippen LogP contribution in [0.15, 0.2) is 24.3 Å². The predicted octanol–water partition coefficient (Wildman–Crippen LogP) is 5.66. The van der Waals surface area contributed by atoms with Crippen molar-refractivity contribution in [2.75, 3.05) is 27.8 Å². The maximum absolute atomic E-state index is 11.0. The van der Waals surface area contributed by atoms with Gasteiger partial charge in [-0.2, -0.15) is 0 Å². The highest BCUT2D eigenvalue weighted by atomic mass is 16.7. The summed E-state index contributed by atoms with van der Waals surface area (Å²) in [6.07, 6.45) is 5.50. The average molecular weight is 435 g/mol. The summed E-state index contributed by atoms with van der Waals surface area (Å²) in [6, 6.07) is 3.88. The zero-order chi connectivity index (χ0) is 23.0. The van der Waals surface area contributed by atoms with E-state index >= 15 is 0 Å². The predicted molar refractivity (Wildman–Crippen MR) is 125 cm³/mol. The normalized spacial score (nSPS) is 21.5. The van der Waals surface area contributed by atoms with Crippen LogP contribution in [0.3, 0.4) is 0 Å². The Hall–Kier alpha value is -1.56. The third-order valence-electron chi connectivity index (χ3n) is 6.79. The number of rotatable bonds is 12. The lowest BCUT2D eigenvalue weighted by atomic mass is 9.62. The smallest absolute Gasteiger partial charge is 0.188 e. The third-order valence-corrected chi connectivity index (χ3v) is 6.79. The van der Waals surface area contributed by atoms with E-state index in [9.17, 15) is 5.11 Å². The minimum absolute atomic E-state index is 0.131. The van der Waals surface area contributed by atoms with Gasteiger partial charge in [0.2, 0.25) is 0 Å². The molecule has 3 unspecified atom stereocenters. The van der Waals surface area contributed by atoms with Gasteiger partial charge in [0.15, 0.2) is 13.6 Å². The lowest BCUT2D eigenvalue weighted by Gasteiger charge is -2.43. The molecule has 0 saturated heterocycles. The van der Waals surface area contributed by atoms with Gasteiger partial charge in [-0.15, -0.1) is 0 Å². The number of hydrogen-bond donors (Lipinski definition) is 1. The Morgan fingerprint density at radius 2 is 1.74 bits per heavy atom. The summed E-state index contributed by atoms with van der Waals surface area (Å²) >= 11 is 0. The Bertz CT molecular complexity index is 683. The lowest BCUT2D eigenvalue weighted by Crippen LogP contribution is -2.34. The van der Waals surface area contributed by atoms with E-state index in [0.29, 0.717) is 35.2 Å². The van der Waals surface area contributed by atoms with Crippen LogP contribution in [0.25, 0.3) is 0 Å². The highest BCUT2D eigenvalue weighted by Gasteiger charge is 2.36. The van der Waals surface area contributed by atoms with E-state index in [1.807, 2.05) is 19.1 Å². The second kappa shape index (κ2) is 11.9. The summed E-state index contributed by atoms with van der Waals surface area (Å²) in [4.78, 5) is 0. The molecule has 31 heavy (non-hydrogen) atoms. The van der Waals surface area contributed by atoms with Crippen LogP contribution in [-0.2, 0) is 15.9 Å². The third kappa shape index (κ3) is 7.23. The summed E-state index contributed by atoms with van der Waals surface area (Å²) in [7, 11) is 3.17. The molecule has 1 aromatic carbocycles. The molecule has 0 heterocycles. The number of aliphatic hydroxyl groups excluding tert-OH is 1. The first-order valence-electron chi connectivity index (χ1n) is 11.4. The zero-order valence-corrected chi connectivity index (χ0v) is 20.3. The molecule has 0 amide bonds. The van der Waals surface area contributed by atoms with Crippen molar-refractivity contribution in [1.29, 1.82) is 0 Å². The molecule has 1 saturated carbocycles. The molecule has 1 N–H and O–H groups in total. The lowest BCUT2D eigenvalue weighted by molar-refractivity contribution is 0.0437. The fourth-order valence-corrected chi connectivity index (χ4v) is 5.01. The monoisotopic (exact) mass is 434 g/mol. The first kappa shape index (κ1) is 25.7. The molecule has 1 aliphatic rings. The molecule has 1 fully saturated rings. The first-order valence-corrected chi connectivity index (χ1v) is 11.4. The van der Waals surface area contributed by atoms with E-state index in [-0.39, 0.29) is 13.6 Å². The summed E-state index contributed by atoms with van der Waals surface area (Å²) in [5, 5.41) is 11.0. The van der Waals surface area contributed by atoms with Crippen molar-refractivity contribution in [2.45, 2.75) is 72.3 Å². The van der Waals surface area contributed by atoms with Crippen LogP contribution in [0.2, 0.25) is 0 Å². The summed E-state index contributed by atoms with van der Waals surface area (Å²) in [5.41, 5.74) is 3.02. The molecule has 0 bridgehead atoms. The molecular formula is C26H42O5. The Labute approximate surface area is 188 Å². The van der Waals surface area contributed by atoms with E-state index in [1.54, 1.807) is 14.2 Å². The van der Waals surface area contributed by atoms with E-state index in [4.69, 9.17) is 18.9 Å². The zero-order valence-electron chi connectivity index (χ0n) is 20.3. The van der Waals surface area contributed by atoms with Gasteiger partial charge in [0.1, 0.15) is 11.5 Å². The van der Waals surface area contributed by atoms with Gasteiger partial charge in [-0.05, 0) is 66.7 Å². The highest BCUT2D eigenvalue weighted by Crippen LogP contribution is 2.46. The van der Waals surface area contributed by atoms with Crippen molar-refractivity contribution in [3.63, 3.8) is 0 Å². The van der Waals surface area contributed by atoms with Crippen LogP contribution in [0.1, 0.15) is 64.0 Å². The molecule has 5 nitrogen and oxygen atoms in total. The van der Waals surface area contributed by atoms with Crippen molar-refractivity contribution in [3.05, 3.63) is 35.4 Å². The number of benzene rings is 1. The van der Waals surface area contributed by atoms with E-state index in [1.165, 1.54) is 19.3 Å². The second-order valence-corrected chi connectivity index (χ2v) is 9.72. The molecular weight excluding hydrogens is 392 g/mol. The van der Waals surface area contributed by atoms with E-state index < -0.39 is 6.10 Å². The SMILES string of the molecule is C=C(CCC1C(C)CCCC1(C)C)C(O)Cc1c(OCOC)cc(C)cc1OCOC. The molecule has 176 valence electrons. The van der Waals surface area contributed by atoms with E-state index in [0.717, 1.165) is 29.5 Å². The Morgan fingerprint density at radius 3 is 2.26 bits per heavy atom. The van der Waals surface area contributed by atoms with Crippen LogP contribution >= 0.6 is 0 Å². The molecule has 2 rings (SSSR count). The number of ether oxygens (including phenoxy) is 4. The quantitative estimate of drug-likeness (QED) is 0.340. The minimum atomic E-state index is -0.667. The molecule has 0 aromatic heterocycles. The molecule has 0 radical (unpaired) electrons. The highest BCUT2D eigenvalue weighted by molar-refractivity contribution is 5.48. The maximum atomic E-state index is 11.0. The van der Waals surface area contributed by atoms with Gasteiger partial charge in [-0.3, -0.25) is 0 Å². The average Bonchev–Trinajstić information content (AvgIpc) is 2.71. The molecule has 3 atom stereocenters. The molecule has 5 heteroatoms. The summed E-state index contributed by atoms with van der Waals surface area (Å²) < 4.78 is 21.7. The first-order chi connectivity index (χ1) is 14.7. The number of aliphatic hydroxyl groups is 1. The molecule has 0 aliphatic heterocycles. The molecule has 1 aliphatic carbocycles. The van der Waals surface area contributed by atoms with Gasteiger partial charge < -0.3 is 24.1 Å². The van der Waals surface area contributed by atoms with Gasteiger partial charge in [0.25, 0.3) is 0 Å². The van der Waals surface area contributed by atoms with Gasteiger partial charge in [0.05, 0.1) is 6.10 Å². The topological polar surface area (TPSA) is 57.2 Å². The van der Waals surface area contributed by atoms with Crippen molar-refractivity contribution in [2.24, 2.45) is 17.3 Å². The van der Waals surface area contributed by atoms with Gasteiger partial charge >= 0.3 is 0 Å². The van der Waals surface area contributed by atoms with Gasteiger partial charge in [0, 0.05) is 26.2 Å². The van der Waals surface area contributed by atoms with Crippen molar-refractivity contribution in [3.8, 4) is 11.5 Å². The summed E-state index contributed by atoms with van der Waals surface area (Å²) in [6.45, 7) is 13.6. The Morgan fingerprint density at radius 1 is 1.16 bits per heavy atom. The summed E-state index contributed by atoms with van der Waals surface area (Å²) in [5.74, 6) is 2.68. The fourth-order valence-electron chi connectivity index (χ4n) is 5.01. The van der Waals surface area contributed by atoms with Crippen LogP contribution in [0, 0.1) is 24.2 Å². The van der Waals surface area contributed by atoms with Crippen molar-refractivity contribution in [1.82, 2.24) is 0 Å². The van der Waals surface area contributed by atoms with Crippen LogP contribution in [0.5, 0.6) is 11.5 Å². The molecule has 0 spiro atoms. The van der Waals surface area contributed by atoms with Crippen molar-refractivity contribution < 1.29 is 24.1 Å². The minimum Gasteiger partial charge on any atom is -0.467 e. The van der Waals surface area contributed by atoms with Crippen LogP contribution in [-0.4, -0.2) is 39.0 Å². The van der Waals surface area contributed by atoms with Crippen LogP contribution in [0.4, 0.5) is 0 Å². The molecule has 1 aromatic rings. The van der Waals surface area contributed by atoms with Crippen molar-refractivity contribution >= 4 is 0 Å². The Balaban J connectivity index is 2.11. The van der Waals surface area contributed by atoms with E-state index in [2.05, 4.69) is 27.4 Å².